The number of anilines is 1. The van der Waals surface area contributed by atoms with Gasteiger partial charge in [-0.05, 0) is 31.5 Å². The van der Waals surface area contributed by atoms with Gasteiger partial charge in [0.05, 0.1) is 0 Å². The number of benzene rings is 2. The predicted molar refractivity (Wildman–Crippen MR) is 77.9 cm³/mol. The molecule has 2 rings (SSSR count). The lowest BCUT2D eigenvalue weighted by atomic mass is 9.96. The van der Waals surface area contributed by atoms with Crippen molar-refractivity contribution in [3.63, 3.8) is 0 Å². The van der Waals surface area contributed by atoms with Crippen LogP contribution in [0.15, 0.2) is 42.5 Å². The number of nitrogens with one attached hydrogen (secondary N) is 1. The van der Waals surface area contributed by atoms with E-state index in [2.05, 4.69) is 69.5 Å². The molecule has 0 atom stereocenters. The van der Waals surface area contributed by atoms with E-state index in [0.29, 0.717) is 0 Å². The van der Waals surface area contributed by atoms with E-state index < -0.39 is 0 Å². The maximum atomic E-state index is 3.44. The third-order valence-corrected chi connectivity index (χ3v) is 2.83. The van der Waals surface area contributed by atoms with Crippen LogP contribution in [0.4, 0.5) is 5.69 Å². The molecule has 2 heteroatoms. The molecule has 0 aromatic heterocycles. The first-order valence-electron chi connectivity index (χ1n) is 6.01. The van der Waals surface area contributed by atoms with Crippen molar-refractivity contribution in [3.8, 4) is 0 Å². The Morgan fingerprint density at radius 3 is 2.12 bits per heavy atom. The van der Waals surface area contributed by atoms with Crippen LogP contribution < -0.4 is 10.8 Å². The minimum absolute atomic E-state index is 0.881. The highest BCUT2D eigenvalue weighted by atomic mass is 14.9. The Morgan fingerprint density at radius 2 is 1.53 bits per heavy atom. The number of rotatable bonds is 3. The van der Waals surface area contributed by atoms with Crippen LogP contribution in [0.2, 0.25) is 0 Å². The van der Waals surface area contributed by atoms with Gasteiger partial charge in [-0.2, -0.15) is 0 Å². The molecule has 0 fully saturated rings. The second-order valence-corrected chi connectivity index (χ2v) is 4.72. The van der Waals surface area contributed by atoms with E-state index in [-0.39, 0.29) is 0 Å². The lowest BCUT2D eigenvalue weighted by Gasteiger charge is -2.08. The molecule has 0 amide bonds. The van der Waals surface area contributed by atoms with E-state index in [9.17, 15) is 0 Å². The lowest BCUT2D eigenvalue weighted by Crippen LogP contribution is -2.04. The van der Waals surface area contributed by atoms with Gasteiger partial charge >= 0.3 is 0 Å². The van der Waals surface area contributed by atoms with Crippen LogP contribution in [-0.2, 0) is 6.54 Å². The van der Waals surface area contributed by atoms with Crippen molar-refractivity contribution in [3.05, 3.63) is 59.2 Å². The zero-order valence-corrected chi connectivity index (χ0v) is 10.7. The molecule has 0 radical (unpaired) electrons. The van der Waals surface area contributed by atoms with E-state index in [4.69, 9.17) is 0 Å². The summed E-state index contributed by atoms with van der Waals surface area (Å²) in [4.78, 5) is 0. The Bertz CT molecular complexity index is 483. The highest BCUT2D eigenvalue weighted by molar-refractivity contribution is 6.32. The molecule has 0 aliphatic heterocycles. The molecule has 0 bridgehead atoms. The molecule has 0 saturated carbocycles. The zero-order valence-electron chi connectivity index (χ0n) is 10.7. The van der Waals surface area contributed by atoms with Crippen molar-refractivity contribution in [1.29, 1.82) is 0 Å². The van der Waals surface area contributed by atoms with Gasteiger partial charge in [0.2, 0.25) is 0 Å². The summed E-state index contributed by atoms with van der Waals surface area (Å²) in [5, 5.41) is 3.44. The number of aryl methyl sites for hydroxylation is 2. The Morgan fingerprint density at radius 1 is 0.941 bits per heavy atom. The van der Waals surface area contributed by atoms with E-state index >= 15 is 0 Å². The molecule has 2 aromatic rings. The van der Waals surface area contributed by atoms with Gasteiger partial charge in [0.25, 0.3) is 0 Å². The average Bonchev–Trinajstić information content (AvgIpc) is 2.27. The fraction of sp³-hybridized carbons (Fsp3) is 0.200. The first-order valence-corrected chi connectivity index (χ1v) is 6.01. The molecular weight excluding hydrogens is 205 g/mol. The maximum Gasteiger partial charge on any atom is 0.139 e. The van der Waals surface area contributed by atoms with Crippen LogP contribution in [-0.4, -0.2) is 7.85 Å². The Hall–Kier alpha value is -1.70. The monoisotopic (exact) mass is 223 g/mol. The van der Waals surface area contributed by atoms with Gasteiger partial charge in [0.1, 0.15) is 7.85 Å². The summed E-state index contributed by atoms with van der Waals surface area (Å²) in [6.45, 7) is 5.16. The van der Waals surface area contributed by atoms with Crippen LogP contribution >= 0.6 is 0 Å². The molecule has 0 aliphatic carbocycles. The van der Waals surface area contributed by atoms with E-state index in [1.165, 1.54) is 27.8 Å². The van der Waals surface area contributed by atoms with Gasteiger partial charge in [-0.15, -0.1) is 0 Å². The SMILES string of the molecule is Bc1ccc(NCc2cc(C)cc(C)c2)cc1. The molecular formula is C15H18BN. The molecule has 0 spiro atoms. The van der Waals surface area contributed by atoms with E-state index in [1.807, 2.05) is 0 Å². The molecule has 0 aliphatic rings. The first kappa shape index (κ1) is 11.8. The number of hydrogen-bond donors (Lipinski definition) is 1. The summed E-state index contributed by atoms with van der Waals surface area (Å²) in [5.41, 5.74) is 6.45. The topological polar surface area (TPSA) is 12.0 Å². The molecule has 0 unspecified atom stereocenters. The van der Waals surface area contributed by atoms with Gasteiger partial charge in [0.15, 0.2) is 0 Å². The lowest BCUT2D eigenvalue weighted by molar-refractivity contribution is 1.13. The Labute approximate surface area is 104 Å². The first-order chi connectivity index (χ1) is 8.13. The summed E-state index contributed by atoms with van der Waals surface area (Å²) in [6.07, 6.45) is 0. The molecule has 2 aromatic carbocycles. The summed E-state index contributed by atoms with van der Waals surface area (Å²) in [5.74, 6) is 0. The third-order valence-electron chi connectivity index (χ3n) is 2.83. The van der Waals surface area contributed by atoms with Crippen LogP contribution in [0.3, 0.4) is 0 Å². The van der Waals surface area contributed by atoms with Crippen molar-refractivity contribution in [2.24, 2.45) is 0 Å². The van der Waals surface area contributed by atoms with Crippen LogP contribution in [0.1, 0.15) is 16.7 Å². The van der Waals surface area contributed by atoms with Gasteiger partial charge in [-0.1, -0.05) is 46.9 Å². The zero-order chi connectivity index (χ0) is 12.3. The van der Waals surface area contributed by atoms with Crippen molar-refractivity contribution in [2.45, 2.75) is 20.4 Å². The van der Waals surface area contributed by atoms with Crippen LogP contribution in [0.5, 0.6) is 0 Å². The quantitative estimate of drug-likeness (QED) is 0.786. The molecule has 0 saturated heterocycles. The minimum Gasteiger partial charge on any atom is -0.381 e. The molecule has 17 heavy (non-hydrogen) atoms. The van der Waals surface area contributed by atoms with Crippen molar-refractivity contribution < 1.29 is 0 Å². The van der Waals surface area contributed by atoms with Crippen molar-refractivity contribution in [1.82, 2.24) is 0 Å². The van der Waals surface area contributed by atoms with E-state index in [1.54, 1.807) is 0 Å². The third kappa shape index (κ3) is 3.38. The Kier molecular flexibility index (Phi) is 3.53. The van der Waals surface area contributed by atoms with Crippen LogP contribution in [0, 0.1) is 13.8 Å². The molecule has 0 heterocycles. The fourth-order valence-corrected chi connectivity index (χ4v) is 2.05. The summed E-state index contributed by atoms with van der Waals surface area (Å²) in [7, 11) is 2.10. The fourth-order valence-electron chi connectivity index (χ4n) is 2.05. The highest BCUT2D eigenvalue weighted by Crippen LogP contribution is 2.11. The average molecular weight is 223 g/mol. The highest BCUT2D eigenvalue weighted by Gasteiger charge is 1.96. The largest absolute Gasteiger partial charge is 0.381 e. The van der Waals surface area contributed by atoms with E-state index in [0.717, 1.165) is 6.54 Å². The van der Waals surface area contributed by atoms with Gasteiger partial charge < -0.3 is 5.32 Å². The second-order valence-electron chi connectivity index (χ2n) is 4.72. The van der Waals surface area contributed by atoms with Gasteiger partial charge in [-0.3, -0.25) is 0 Å². The van der Waals surface area contributed by atoms with Crippen molar-refractivity contribution in [2.75, 3.05) is 5.32 Å². The molecule has 1 N–H and O–H groups in total. The van der Waals surface area contributed by atoms with Crippen LogP contribution in [0.25, 0.3) is 0 Å². The smallest absolute Gasteiger partial charge is 0.139 e. The van der Waals surface area contributed by atoms with Gasteiger partial charge in [-0.25, -0.2) is 0 Å². The molecule has 1 nitrogen and oxygen atoms in total. The minimum atomic E-state index is 0.881. The standard InChI is InChI=1S/C15H18BN/c1-11-7-12(2)9-13(8-11)10-17-15-5-3-14(16)4-6-15/h3-9,17H,10,16H2,1-2H3. The second kappa shape index (κ2) is 5.09. The summed E-state index contributed by atoms with van der Waals surface area (Å²) >= 11 is 0. The maximum absolute atomic E-state index is 3.44. The number of hydrogen-bond acceptors (Lipinski definition) is 1. The predicted octanol–water partition coefficient (Wildman–Crippen LogP) is 2.17. The Balaban J connectivity index is 2.04. The van der Waals surface area contributed by atoms with Crippen molar-refractivity contribution >= 4 is 19.0 Å². The normalized spacial score (nSPS) is 10.2. The molecule has 86 valence electrons. The summed E-state index contributed by atoms with van der Waals surface area (Å²) in [6, 6.07) is 15.2. The summed E-state index contributed by atoms with van der Waals surface area (Å²) < 4.78 is 0. The van der Waals surface area contributed by atoms with Gasteiger partial charge in [0, 0.05) is 12.2 Å².